The number of hydrogen-bond acceptors (Lipinski definition) is 4. The molecule has 15 heavy (non-hydrogen) atoms. The predicted molar refractivity (Wildman–Crippen MR) is 68.7 cm³/mol. The van der Waals surface area contributed by atoms with Crippen LogP contribution in [0.25, 0.3) is 0 Å². The molecule has 0 spiro atoms. The Labute approximate surface area is 103 Å². The zero-order valence-corrected chi connectivity index (χ0v) is 11.4. The zero-order valence-electron chi connectivity index (χ0n) is 8.96. The number of ether oxygens (including phenoxy) is 2. The van der Waals surface area contributed by atoms with Crippen LogP contribution in [0.5, 0.6) is 11.5 Å². The van der Waals surface area contributed by atoms with Crippen molar-refractivity contribution in [1.29, 1.82) is 0 Å². The highest BCUT2D eigenvalue weighted by molar-refractivity contribution is 9.09. The fourth-order valence-corrected chi connectivity index (χ4v) is 2.11. The third-order valence-corrected chi connectivity index (χ3v) is 3.00. The first kappa shape index (κ1) is 12.5. The second-order valence-corrected chi connectivity index (χ2v) is 4.13. The number of methoxy groups -OCH3 is 2. The number of rotatable bonds is 5. The Kier molecular flexibility index (Phi) is 5.11. The van der Waals surface area contributed by atoms with Gasteiger partial charge in [-0.2, -0.15) is 0 Å². The van der Waals surface area contributed by atoms with E-state index in [2.05, 4.69) is 21.2 Å². The Balaban J connectivity index is 3.15. The van der Waals surface area contributed by atoms with Gasteiger partial charge in [-0.3, -0.25) is 0 Å². The van der Waals surface area contributed by atoms with Gasteiger partial charge in [0.1, 0.15) is 11.5 Å². The van der Waals surface area contributed by atoms with Crippen molar-refractivity contribution in [2.45, 2.75) is 4.90 Å². The van der Waals surface area contributed by atoms with E-state index in [4.69, 9.17) is 9.47 Å². The van der Waals surface area contributed by atoms with E-state index < -0.39 is 0 Å². The molecule has 1 rings (SSSR count). The topological polar surface area (TPSA) is 30.5 Å². The summed E-state index contributed by atoms with van der Waals surface area (Å²) in [5.74, 6) is 1.67. The maximum absolute atomic E-state index is 5.29. The third kappa shape index (κ3) is 2.95. The number of benzene rings is 1. The highest BCUT2D eigenvalue weighted by Gasteiger charge is 2.09. The summed E-state index contributed by atoms with van der Waals surface area (Å²) in [5.41, 5.74) is 1.59. The molecule has 0 aromatic heterocycles. The van der Waals surface area contributed by atoms with Crippen molar-refractivity contribution in [2.24, 2.45) is 0 Å². The molecular weight excluding hydrogens is 278 g/mol. The number of alkyl halides is 1. The molecule has 0 amide bonds. The van der Waals surface area contributed by atoms with Gasteiger partial charge in [0.15, 0.2) is 0 Å². The Bertz CT molecular complexity index is 333. The smallest absolute Gasteiger partial charge is 0.143 e. The molecule has 0 bridgehead atoms. The quantitative estimate of drug-likeness (QED) is 0.513. The molecule has 0 atom stereocenters. The van der Waals surface area contributed by atoms with Gasteiger partial charge in [0.2, 0.25) is 0 Å². The van der Waals surface area contributed by atoms with Crippen LogP contribution in [0.4, 0.5) is 5.69 Å². The zero-order chi connectivity index (χ0) is 11.3. The van der Waals surface area contributed by atoms with E-state index in [0.717, 1.165) is 22.1 Å². The molecule has 5 heteroatoms. The fraction of sp³-hybridized carbons (Fsp3) is 0.400. The maximum Gasteiger partial charge on any atom is 0.143 e. The van der Waals surface area contributed by atoms with Crippen LogP contribution < -0.4 is 14.8 Å². The molecule has 0 saturated heterocycles. The SMILES string of the molecule is COc1cc(SC)c(OC)cc1NCBr. The number of nitrogens with one attached hydrogen (secondary N) is 1. The van der Waals surface area contributed by atoms with Gasteiger partial charge in [-0.1, -0.05) is 15.9 Å². The van der Waals surface area contributed by atoms with E-state index in [1.165, 1.54) is 0 Å². The average Bonchev–Trinajstić information content (AvgIpc) is 2.28. The van der Waals surface area contributed by atoms with Crippen LogP contribution in [0.3, 0.4) is 0 Å². The van der Waals surface area contributed by atoms with Crippen LogP contribution in [0.15, 0.2) is 17.0 Å². The first-order valence-corrected chi connectivity index (χ1v) is 6.71. The first-order chi connectivity index (χ1) is 7.26. The van der Waals surface area contributed by atoms with E-state index in [1.807, 2.05) is 18.4 Å². The lowest BCUT2D eigenvalue weighted by Gasteiger charge is -2.13. The summed E-state index contributed by atoms with van der Waals surface area (Å²) in [6, 6.07) is 3.90. The third-order valence-electron chi connectivity index (χ3n) is 1.96. The standard InChI is InChI=1S/C10H14BrNO2S/c1-13-8-5-10(15-3)9(14-2)4-7(8)12-6-11/h4-5,12H,6H2,1-3H3. The van der Waals surface area contributed by atoms with E-state index in [-0.39, 0.29) is 0 Å². The van der Waals surface area contributed by atoms with Crippen molar-refractivity contribution in [1.82, 2.24) is 0 Å². The molecule has 0 aliphatic heterocycles. The molecule has 0 saturated carbocycles. The summed E-state index contributed by atoms with van der Waals surface area (Å²) >= 11 is 4.95. The predicted octanol–water partition coefficient (Wildman–Crippen LogP) is 3.19. The lowest BCUT2D eigenvalue weighted by Crippen LogP contribution is -1.99. The summed E-state index contributed by atoms with van der Waals surface area (Å²) in [6.45, 7) is 0. The molecule has 1 N–H and O–H groups in total. The van der Waals surface area contributed by atoms with Crippen molar-refractivity contribution in [3.8, 4) is 11.5 Å². The summed E-state index contributed by atoms with van der Waals surface area (Å²) in [5, 5.41) is 3.16. The van der Waals surface area contributed by atoms with Gasteiger partial charge in [-0.25, -0.2) is 0 Å². The Morgan fingerprint density at radius 2 is 1.93 bits per heavy atom. The minimum Gasteiger partial charge on any atom is -0.496 e. The molecule has 1 aromatic rings. The Hall–Kier alpha value is -0.550. The molecule has 84 valence electrons. The summed E-state index contributed by atoms with van der Waals surface area (Å²) in [7, 11) is 3.32. The highest BCUT2D eigenvalue weighted by Crippen LogP contribution is 2.37. The highest BCUT2D eigenvalue weighted by atomic mass is 79.9. The molecular formula is C10H14BrNO2S. The number of halogens is 1. The number of hydrogen-bond donors (Lipinski definition) is 1. The van der Waals surface area contributed by atoms with E-state index in [9.17, 15) is 0 Å². The summed E-state index contributed by atoms with van der Waals surface area (Å²) in [4.78, 5) is 1.06. The van der Waals surface area contributed by atoms with Gasteiger partial charge in [0.25, 0.3) is 0 Å². The lowest BCUT2D eigenvalue weighted by atomic mass is 10.2. The van der Waals surface area contributed by atoms with Crippen LogP contribution in [0.2, 0.25) is 0 Å². The summed E-state index contributed by atoms with van der Waals surface area (Å²) in [6.07, 6.45) is 2.01. The first-order valence-electron chi connectivity index (χ1n) is 4.36. The number of anilines is 1. The van der Waals surface area contributed by atoms with Gasteiger partial charge in [0, 0.05) is 6.07 Å². The van der Waals surface area contributed by atoms with Crippen LogP contribution in [0.1, 0.15) is 0 Å². The second-order valence-electron chi connectivity index (χ2n) is 2.72. The molecule has 0 heterocycles. The molecule has 0 unspecified atom stereocenters. The van der Waals surface area contributed by atoms with Crippen LogP contribution >= 0.6 is 27.7 Å². The minimum atomic E-state index is 0.672. The van der Waals surface area contributed by atoms with Gasteiger partial charge < -0.3 is 14.8 Å². The Morgan fingerprint density at radius 3 is 2.40 bits per heavy atom. The average molecular weight is 292 g/mol. The van der Waals surface area contributed by atoms with Crippen molar-refractivity contribution in [3.05, 3.63) is 12.1 Å². The van der Waals surface area contributed by atoms with Crippen molar-refractivity contribution >= 4 is 33.4 Å². The minimum absolute atomic E-state index is 0.672. The van der Waals surface area contributed by atoms with Crippen LogP contribution in [-0.2, 0) is 0 Å². The monoisotopic (exact) mass is 291 g/mol. The Morgan fingerprint density at radius 1 is 1.27 bits per heavy atom. The van der Waals surface area contributed by atoms with E-state index >= 15 is 0 Å². The molecule has 1 aromatic carbocycles. The van der Waals surface area contributed by atoms with Crippen LogP contribution in [0, 0.1) is 0 Å². The largest absolute Gasteiger partial charge is 0.496 e. The van der Waals surface area contributed by atoms with Gasteiger partial charge in [-0.15, -0.1) is 11.8 Å². The van der Waals surface area contributed by atoms with E-state index in [0.29, 0.717) is 5.45 Å². The molecule has 0 aliphatic rings. The molecule has 0 aliphatic carbocycles. The van der Waals surface area contributed by atoms with Crippen molar-refractivity contribution in [3.63, 3.8) is 0 Å². The van der Waals surface area contributed by atoms with Gasteiger partial charge in [0.05, 0.1) is 30.3 Å². The van der Waals surface area contributed by atoms with Crippen molar-refractivity contribution in [2.75, 3.05) is 31.2 Å². The second kappa shape index (κ2) is 6.12. The van der Waals surface area contributed by atoms with E-state index in [1.54, 1.807) is 26.0 Å². The fourth-order valence-electron chi connectivity index (χ4n) is 1.24. The molecule has 3 nitrogen and oxygen atoms in total. The number of thioether (sulfide) groups is 1. The maximum atomic E-state index is 5.29. The normalized spacial score (nSPS) is 9.87. The van der Waals surface area contributed by atoms with Crippen LogP contribution in [-0.4, -0.2) is 25.9 Å². The van der Waals surface area contributed by atoms with Gasteiger partial charge in [-0.05, 0) is 12.3 Å². The van der Waals surface area contributed by atoms with Crippen molar-refractivity contribution < 1.29 is 9.47 Å². The lowest BCUT2D eigenvalue weighted by molar-refractivity contribution is 0.395. The van der Waals surface area contributed by atoms with Gasteiger partial charge >= 0.3 is 0 Å². The molecule has 0 radical (unpaired) electrons. The molecule has 0 fully saturated rings. The summed E-state index contributed by atoms with van der Waals surface area (Å²) < 4.78 is 10.6.